The smallest absolute Gasteiger partial charge is 0.115 e. The summed E-state index contributed by atoms with van der Waals surface area (Å²) >= 11 is 0. The maximum Gasteiger partial charge on any atom is 0.115 e. The topological polar surface area (TPSA) is 32.3 Å². The van der Waals surface area contributed by atoms with Gasteiger partial charge in [-0.1, -0.05) is 18.2 Å². The Bertz CT molecular complexity index is 592. The SMILES string of the molecule is Cc1cccc(NC2CCCc3ccc(O)cc32)c1. The molecule has 0 fully saturated rings. The van der Waals surface area contributed by atoms with Crippen molar-refractivity contribution < 1.29 is 5.11 Å². The second-order valence-corrected chi connectivity index (χ2v) is 5.34. The highest BCUT2D eigenvalue weighted by Gasteiger charge is 2.20. The summed E-state index contributed by atoms with van der Waals surface area (Å²) in [6.07, 6.45) is 3.42. The van der Waals surface area contributed by atoms with Gasteiger partial charge in [-0.3, -0.25) is 0 Å². The van der Waals surface area contributed by atoms with Crippen LogP contribution in [0.3, 0.4) is 0 Å². The summed E-state index contributed by atoms with van der Waals surface area (Å²) in [4.78, 5) is 0. The van der Waals surface area contributed by atoms with Gasteiger partial charge < -0.3 is 10.4 Å². The Labute approximate surface area is 114 Å². The van der Waals surface area contributed by atoms with E-state index in [1.807, 2.05) is 6.07 Å². The van der Waals surface area contributed by atoms with E-state index in [1.54, 1.807) is 6.07 Å². The van der Waals surface area contributed by atoms with Crippen LogP contribution >= 0.6 is 0 Å². The number of hydrogen-bond acceptors (Lipinski definition) is 2. The van der Waals surface area contributed by atoms with E-state index >= 15 is 0 Å². The van der Waals surface area contributed by atoms with Crippen molar-refractivity contribution >= 4 is 5.69 Å². The minimum Gasteiger partial charge on any atom is -0.508 e. The maximum absolute atomic E-state index is 9.69. The average molecular weight is 253 g/mol. The number of fused-ring (bicyclic) bond motifs is 1. The standard InChI is InChI=1S/C17H19NO/c1-12-4-2-6-14(10-12)18-17-7-3-5-13-8-9-15(19)11-16(13)17/h2,4,6,8-11,17-19H,3,5,7H2,1H3. The number of hydrogen-bond donors (Lipinski definition) is 2. The molecule has 0 bridgehead atoms. The van der Waals surface area contributed by atoms with E-state index in [2.05, 4.69) is 42.6 Å². The van der Waals surface area contributed by atoms with Crippen LogP contribution in [-0.4, -0.2) is 5.11 Å². The van der Waals surface area contributed by atoms with Crippen molar-refractivity contribution in [3.63, 3.8) is 0 Å². The molecule has 0 radical (unpaired) electrons. The van der Waals surface area contributed by atoms with Gasteiger partial charge in [0, 0.05) is 5.69 Å². The minimum atomic E-state index is 0.303. The molecule has 19 heavy (non-hydrogen) atoms. The van der Waals surface area contributed by atoms with Gasteiger partial charge in [-0.05, 0) is 67.1 Å². The third-order valence-electron chi connectivity index (χ3n) is 3.80. The lowest BCUT2D eigenvalue weighted by atomic mass is 9.87. The number of anilines is 1. The van der Waals surface area contributed by atoms with Crippen LogP contribution in [0.4, 0.5) is 5.69 Å². The van der Waals surface area contributed by atoms with Crippen LogP contribution in [0.15, 0.2) is 42.5 Å². The van der Waals surface area contributed by atoms with Crippen molar-refractivity contribution in [2.45, 2.75) is 32.2 Å². The summed E-state index contributed by atoms with van der Waals surface area (Å²) in [6.45, 7) is 2.10. The van der Waals surface area contributed by atoms with Crippen LogP contribution in [-0.2, 0) is 6.42 Å². The van der Waals surface area contributed by atoms with E-state index in [0.717, 1.165) is 18.5 Å². The van der Waals surface area contributed by atoms with Gasteiger partial charge in [0.1, 0.15) is 5.75 Å². The average Bonchev–Trinajstić information content (AvgIpc) is 2.39. The predicted octanol–water partition coefficient (Wildman–Crippen LogP) is 4.19. The monoisotopic (exact) mass is 253 g/mol. The zero-order chi connectivity index (χ0) is 13.2. The highest BCUT2D eigenvalue weighted by Crippen LogP contribution is 2.34. The van der Waals surface area contributed by atoms with Crippen molar-refractivity contribution in [1.82, 2.24) is 0 Å². The van der Waals surface area contributed by atoms with Crippen LogP contribution in [0.5, 0.6) is 5.75 Å². The highest BCUT2D eigenvalue weighted by molar-refractivity contribution is 5.50. The molecule has 0 aliphatic heterocycles. The quantitative estimate of drug-likeness (QED) is 0.841. The van der Waals surface area contributed by atoms with E-state index < -0.39 is 0 Å². The van der Waals surface area contributed by atoms with Crippen molar-refractivity contribution in [3.8, 4) is 5.75 Å². The maximum atomic E-state index is 9.69. The number of rotatable bonds is 2. The Hall–Kier alpha value is -1.96. The number of aryl methyl sites for hydroxylation is 2. The molecular formula is C17H19NO. The van der Waals surface area contributed by atoms with Gasteiger partial charge in [0.25, 0.3) is 0 Å². The second-order valence-electron chi connectivity index (χ2n) is 5.34. The Kier molecular flexibility index (Phi) is 3.16. The predicted molar refractivity (Wildman–Crippen MR) is 78.6 cm³/mol. The Morgan fingerprint density at radius 2 is 2.05 bits per heavy atom. The van der Waals surface area contributed by atoms with Gasteiger partial charge >= 0.3 is 0 Å². The number of phenolic OH excluding ortho intramolecular Hbond substituents is 1. The molecule has 0 amide bonds. The lowest BCUT2D eigenvalue weighted by Crippen LogP contribution is -2.17. The largest absolute Gasteiger partial charge is 0.508 e. The lowest BCUT2D eigenvalue weighted by Gasteiger charge is -2.27. The number of nitrogens with one attached hydrogen (secondary N) is 1. The third-order valence-corrected chi connectivity index (χ3v) is 3.80. The molecule has 0 saturated heterocycles. The summed E-state index contributed by atoms with van der Waals surface area (Å²) in [5, 5.41) is 13.3. The van der Waals surface area contributed by atoms with Gasteiger partial charge in [0.05, 0.1) is 6.04 Å². The van der Waals surface area contributed by atoms with E-state index in [0.29, 0.717) is 11.8 Å². The van der Waals surface area contributed by atoms with Crippen molar-refractivity contribution in [3.05, 3.63) is 59.2 Å². The number of phenols is 1. The Balaban J connectivity index is 1.89. The summed E-state index contributed by atoms with van der Waals surface area (Å²) in [6, 6.07) is 14.5. The molecule has 2 N–H and O–H groups in total. The molecule has 1 unspecified atom stereocenters. The first-order valence-electron chi connectivity index (χ1n) is 6.87. The number of aromatic hydroxyl groups is 1. The van der Waals surface area contributed by atoms with E-state index in [9.17, 15) is 5.11 Å². The highest BCUT2D eigenvalue weighted by atomic mass is 16.3. The summed E-state index contributed by atoms with van der Waals surface area (Å²) < 4.78 is 0. The van der Waals surface area contributed by atoms with Crippen molar-refractivity contribution in [2.75, 3.05) is 5.32 Å². The molecule has 3 rings (SSSR count). The van der Waals surface area contributed by atoms with Gasteiger partial charge in [-0.2, -0.15) is 0 Å². The van der Waals surface area contributed by atoms with E-state index in [1.165, 1.54) is 23.1 Å². The molecule has 0 aromatic heterocycles. The van der Waals surface area contributed by atoms with Gasteiger partial charge in [-0.15, -0.1) is 0 Å². The number of benzene rings is 2. The Morgan fingerprint density at radius 3 is 2.89 bits per heavy atom. The first-order chi connectivity index (χ1) is 9.22. The van der Waals surface area contributed by atoms with Gasteiger partial charge in [0.2, 0.25) is 0 Å². The molecule has 2 nitrogen and oxygen atoms in total. The summed E-state index contributed by atoms with van der Waals surface area (Å²) in [5.74, 6) is 0.358. The van der Waals surface area contributed by atoms with Gasteiger partial charge in [0.15, 0.2) is 0 Å². The molecule has 2 heteroatoms. The fourth-order valence-electron chi connectivity index (χ4n) is 2.87. The molecule has 0 heterocycles. The Morgan fingerprint density at radius 1 is 1.16 bits per heavy atom. The molecule has 1 atom stereocenters. The lowest BCUT2D eigenvalue weighted by molar-refractivity contribution is 0.471. The van der Waals surface area contributed by atoms with Crippen molar-refractivity contribution in [2.24, 2.45) is 0 Å². The van der Waals surface area contributed by atoms with Crippen LogP contribution in [0.2, 0.25) is 0 Å². The fourth-order valence-corrected chi connectivity index (χ4v) is 2.87. The summed E-state index contributed by atoms with van der Waals surface area (Å²) in [5.41, 5.74) is 5.01. The molecule has 0 saturated carbocycles. The van der Waals surface area contributed by atoms with Gasteiger partial charge in [-0.25, -0.2) is 0 Å². The minimum absolute atomic E-state index is 0.303. The van der Waals surface area contributed by atoms with Crippen LogP contribution < -0.4 is 5.32 Å². The molecule has 1 aliphatic rings. The fraction of sp³-hybridized carbons (Fsp3) is 0.294. The molecule has 1 aliphatic carbocycles. The van der Waals surface area contributed by atoms with Crippen LogP contribution in [0.25, 0.3) is 0 Å². The molecule has 2 aromatic carbocycles. The first kappa shape index (κ1) is 12.1. The van der Waals surface area contributed by atoms with E-state index in [4.69, 9.17) is 0 Å². The molecule has 98 valence electrons. The zero-order valence-corrected chi connectivity index (χ0v) is 11.2. The first-order valence-corrected chi connectivity index (χ1v) is 6.87. The van der Waals surface area contributed by atoms with Crippen molar-refractivity contribution in [1.29, 1.82) is 0 Å². The summed E-state index contributed by atoms with van der Waals surface area (Å²) in [7, 11) is 0. The molecule has 0 spiro atoms. The van der Waals surface area contributed by atoms with Crippen LogP contribution in [0, 0.1) is 6.92 Å². The molecule has 2 aromatic rings. The van der Waals surface area contributed by atoms with E-state index in [-0.39, 0.29) is 0 Å². The molecular weight excluding hydrogens is 234 g/mol. The normalized spacial score (nSPS) is 17.8. The third kappa shape index (κ3) is 2.58. The zero-order valence-electron chi connectivity index (χ0n) is 11.2. The second kappa shape index (κ2) is 4.96. The van der Waals surface area contributed by atoms with Crippen LogP contribution in [0.1, 0.15) is 35.6 Å².